The number of amides is 2. The predicted molar refractivity (Wildman–Crippen MR) is 82.7 cm³/mol. The van der Waals surface area contributed by atoms with Crippen LogP contribution in [0.25, 0.3) is 0 Å². The number of rotatable bonds is 5. The Morgan fingerprint density at radius 2 is 1.76 bits per heavy atom. The Labute approximate surface area is 127 Å². The van der Waals surface area contributed by atoms with Crippen LogP contribution in [0.1, 0.15) is 59.8 Å². The first-order valence-electron chi connectivity index (χ1n) is 7.94. The molecule has 0 heterocycles. The molecular weight excluding hydrogens is 268 g/mol. The third-order valence-electron chi connectivity index (χ3n) is 4.32. The van der Waals surface area contributed by atoms with Crippen molar-refractivity contribution >= 4 is 11.8 Å². The highest BCUT2D eigenvalue weighted by Crippen LogP contribution is 2.33. The molecule has 0 saturated heterocycles. The fraction of sp³-hybridized carbons (Fsp3) is 0.875. The maximum absolute atomic E-state index is 11.7. The number of hydrogen-bond donors (Lipinski definition) is 3. The van der Waals surface area contributed by atoms with E-state index in [9.17, 15) is 14.7 Å². The van der Waals surface area contributed by atoms with E-state index in [2.05, 4.69) is 17.6 Å². The number of hydrogen-bond acceptors (Lipinski definition) is 3. The molecule has 1 rings (SSSR count). The van der Waals surface area contributed by atoms with Crippen molar-refractivity contribution in [2.45, 2.75) is 65.4 Å². The fourth-order valence-electron chi connectivity index (χ4n) is 2.55. The van der Waals surface area contributed by atoms with Gasteiger partial charge in [-0.3, -0.25) is 9.59 Å². The summed E-state index contributed by atoms with van der Waals surface area (Å²) >= 11 is 0. The van der Waals surface area contributed by atoms with Crippen molar-refractivity contribution in [3.8, 4) is 0 Å². The van der Waals surface area contributed by atoms with Gasteiger partial charge in [0.15, 0.2) is 0 Å². The van der Waals surface area contributed by atoms with Crippen molar-refractivity contribution in [3.63, 3.8) is 0 Å². The lowest BCUT2D eigenvalue weighted by atomic mass is 9.78. The molecule has 0 atom stereocenters. The van der Waals surface area contributed by atoms with Gasteiger partial charge in [-0.05, 0) is 31.6 Å². The van der Waals surface area contributed by atoms with E-state index in [1.165, 1.54) is 0 Å². The van der Waals surface area contributed by atoms with Crippen molar-refractivity contribution in [2.24, 2.45) is 11.3 Å². The third-order valence-corrected chi connectivity index (χ3v) is 4.32. The zero-order chi connectivity index (χ0) is 16.1. The van der Waals surface area contributed by atoms with Crippen LogP contribution in [0, 0.1) is 11.3 Å². The molecule has 1 saturated carbocycles. The number of aliphatic hydroxyl groups is 1. The van der Waals surface area contributed by atoms with Crippen LogP contribution in [0.3, 0.4) is 0 Å². The molecule has 0 aliphatic heterocycles. The normalized spacial score (nSPS) is 26.2. The van der Waals surface area contributed by atoms with Crippen molar-refractivity contribution in [1.82, 2.24) is 10.6 Å². The van der Waals surface area contributed by atoms with Crippen molar-refractivity contribution in [3.05, 3.63) is 0 Å². The molecular formula is C16H30N2O3. The molecule has 0 spiro atoms. The first-order valence-corrected chi connectivity index (χ1v) is 7.94. The first kappa shape index (κ1) is 18.0. The molecule has 1 aliphatic rings. The minimum atomic E-state index is -0.782. The molecule has 0 bridgehead atoms. The summed E-state index contributed by atoms with van der Waals surface area (Å²) < 4.78 is 0. The Hall–Kier alpha value is -1.10. The van der Waals surface area contributed by atoms with Gasteiger partial charge in [0.25, 0.3) is 0 Å². The topological polar surface area (TPSA) is 78.4 Å². The summed E-state index contributed by atoms with van der Waals surface area (Å²) in [5, 5.41) is 15.8. The Morgan fingerprint density at radius 3 is 2.24 bits per heavy atom. The molecule has 122 valence electrons. The summed E-state index contributed by atoms with van der Waals surface area (Å²) in [6.07, 6.45) is 4.66. The van der Waals surface area contributed by atoms with Crippen molar-refractivity contribution < 1.29 is 14.7 Å². The third kappa shape index (κ3) is 6.04. The van der Waals surface area contributed by atoms with Crippen LogP contribution in [0.15, 0.2) is 0 Å². The standard InChI is InChI=1S/C16H30N2O3/c1-5-12-6-8-16(21,9-7-12)11-18-13(19)10-17-14(20)15(2,3)4/h12,21H,5-11H2,1-4H3,(H,17,20)(H,18,19). The average Bonchev–Trinajstić information content (AvgIpc) is 2.42. The summed E-state index contributed by atoms with van der Waals surface area (Å²) in [5.41, 5.74) is -1.29. The van der Waals surface area contributed by atoms with E-state index in [0.717, 1.165) is 32.1 Å². The molecule has 0 aromatic rings. The van der Waals surface area contributed by atoms with Crippen LogP contribution in [0.5, 0.6) is 0 Å². The highest BCUT2D eigenvalue weighted by molar-refractivity contribution is 5.87. The van der Waals surface area contributed by atoms with Gasteiger partial charge in [-0.2, -0.15) is 0 Å². The largest absolute Gasteiger partial charge is 0.388 e. The van der Waals surface area contributed by atoms with Gasteiger partial charge in [0, 0.05) is 12.0 Å². The Bertz CT molecular complexity index is 366. The average molecular weight is 298 g/mol. The van der Waals surface area contributed by atoms with E-state index < -0.39 is 11.0 Å². The SMILES string of the molecule is CCC1CCC(O)(CNC(=O)CNC(=O)C(C)(C)C)CC1. The maximum Gasteiger partial charge on any atom is 0.239 e. The molecule has 2 amide bonds. The Balaban J connectivity index is 2.28. The number of nitrogens with one attached hydrogen (secondary N) is 2. The van der Waals surface area contributed by atoms with Gasteiger partial charge in [0.1, 0.15) is 0 Å². The van der Waals surface area contributed by atoms with E-state index in [1.54, 1.807) is 20.8 Å². The molecule has 5 heteroatoms. The lowest BCUT2D eigenvalue weighted by molar-refractivity contribution is -0.131. The Morgan fingerprint density at radius 1 is 1.19 bits per heavy atom. The summed E-state index contributed by atoms with van der Waals surface area (Å²) in [6.45, 7) is 7.81. The number of carbonyl (C=O) groups excluding carboxylic acids is 2. The van der Waals surface area contributed by atoms with Crippen LogP contribution in [-0.4, -0.2) is 35.6 Å². The second-order valence-corrected chi connectivity index (χ2v) is 7.29. The maximum atomic E-state index is 11.7. The summed E-state index contributed by atoms with van der Waals surface area (Å²) in [6, 6.07) is 0. The van der Waals surface area contributed by atoms with Gasteiger partial charge in [0.05, 0.1) is 12.1 Å². The van der Waals surface area contributed by atoms with Crippen LogP contribution in [0.2, 0.25) is 0 Å². The Kier molecular flexibility index (Phi) is 6.20. The van der Waals surface area contributed by atoms with Crippen LogP contribution in [0.4, 0.5) is 0 Å². The zero-order valence-electron chi connectivity index (χ0n) is 13.8. The van der Waals surface area contributed by atoms with E-state index in [1.807, 2.05) is 0 Å². The summed E-state index contributed by atoms with van der Waals surface area (Å²) in [4.78, 5) is 23.4. The molecule has 0 aromatic heterocycles. The van der Waals surface area contributed by atoms with Gasteiger partial charge in [-0.25, -0.2) is 0 Å². The molecule has 3 N–H and O–H groups in total. The summed E-state index contributed by atoms with van der Waals surface area (Å²) in [7, 11) is 0. The molecule has 21 heavy (non-hydrogen) atoms. The van der Waals surface area contributed by atoms with Crippen LogP contribution < -0.4 is 10.6 Å². The van der Waals surface area contributed by atoms with Crippen LogP contribution >= 0.6 is 0 Å². The molecule has 0 radical (unpaired) electrons. The van der Waals surface area contributed by atoms with E-state index in [0.29, 0.717) is 5.92 Å². The quantitative estimate of drug-likeness (QED) is 0.721. The second-order valence-electron chi connectivity index (χ2n) is 7.29. The van der Waals surface area contributed by atoms with Gasteiger partial charge in [-0.15, -0.1) is 0 Å². The van der Waals surface area contributed by atoms with Crippen molar-refractivity contribution in [2.75, 3.05) is 13.1 Å². The lowest BCUT2D eigenvalue weighted by Gasteiger charge is -2.35. The minimum absolute atomic E-state index is 0.0379. The van der Waals surface area contributed by atoms with Gasteiger partial charge >= 0.3 is 0 Å². The molecule has 5 nitrogen and oxygen atoms in total. The molecule has 1 aliphatic carbocycles. The first-order chi connectivity index (χ1) is 9.66. The zero-order valence-corrected chi connectivity index (χ0v) is 13.8. The predicted octanol–water partition coefficient (Wildman–Crippen LogP) is 1.60. The van der Waals surface area contributed by atoms with Crippen LogP contribution in [-0.2, 0) is 9.59 Å². The van der Waals surface area contributed by atoms with Gasteiger partial charge < -0.3 is 15.7 Å². The van der Waals surface area contributed by atoms with E-state index in [-0.39, 0.29) is 24.9 Å². The minimum Gasteiger partial charge on any atom is -0.388 e. The number of carbonyl (C=O) groups is 2. The van der Waals surface area contributed by atoms with Crippen molar-refractivity contribution in [1.29, 1.82) is 0 Å². The lowest BCUT2D eigenvalue weighted by Crippen LogP contribution is -2.48. The highest BCUT2D eigenvalue weighted by Gasteiger charge is 2.32. The monoisotopic (exact) mass is 298 g/mol. The van der Waals surface area contributed by atoms with E-state index >= 15 is 0 Å². The highest BCUT2D eigenvalue weighted by atomic mass is 16.3. The molecule has 0 aromatic carbocycles. The fourth-order valence-corrected chi connectivity index (χ4v) is 2.55. The van der Waals surface area contributed by atoms with Gasteiger partial charge in [0.2, 0.25) is 11.8 Å². The second kappa shape index (κ2) is 7.25. The van der Waals surface area contributed by atoms with E-state index in [4.69, 9.17) is 0 Å². The van der Waals surface area contributed by atoms with Gasteiger partial charge in [-0.1, -0.05) is 34.1 Å². The molecule has 1 fully saturated rings. The molecule has 0 unspecified atom stereocenters. The summed E-state index contributed by atoms with van der Waals surface area (Å²) in [5.74, 6) is 0.297. The smallest absolute Gasteiger partial charge is 0.239 e.